The second-order valence-electron chi connectivity index (χ2n) is 5.07. The van der Waals surface area contributed by atoms with Gasteiger partial charge in [-0.15, -0.1) is 5.10 Å². The number of rotatable bonds is 3. The van der Waals surface area contributed by atoms with Crippen LogP contribution in [0.25, 0.3) is 5.95 Å². The minimum Gasteiger partial charge on any atom is -0.340 e. The van der Waals surface area contributed by atoms with E-state index < -0.39 is 0 Å². The van der Waals surface area contributed by atoms with Crippen LogP contribution in [0.1, 0.15) is 38.1 Å². The van der Waals surface area contributed by atoms with Crippen molar-refractivity contribution < 1.29 is 0 Å². The van der Waals surface area contributed by atoms with Gasteiger partial charge in [-0.1, -0.05) is 0 Å². The van der Waals surface area contributed by atoms with Crippen molar-refractivity contribution in [1.29, 1.82) is 0 Å². The number of piperidine rings is 1. The Kier molecular flexibility index (Phi) is 3.60. The second-order valence-corrected chi connectivity index (χ2v) is 5.07. The summed E-state index contributed by atoms with van der Waals surface area (Å²) in [6.07, 6.45) is 7.03. The van der Waals surface area contributed by atoms with E-state index in [0.717, 1.165) is 19.0 Å². The van der Waals surface area contributed by atoms with Crippen LogP contribution in [0.15, 0.2) is 18.5 Å². The first kappa shape index (κ1) is 13.0. The summed E-state index contributed by atoms with van der Waals surface area (Å²) in [5.74, 6) is 1.93. The molecule has 7 nitrogen and oxygen atoms in total. The minimum absolute atomic E-state index is 0.218. The van der Waals surface area contributed by atoms with Crippen molar-refractivity contribution in [2.45, 2.75) is 32.2 Å². The van der Waals surface area contributed by atoms with Crippen molar-refractivity contribution >= 4 is 5.95 Å². The van der Waals surface area contributed by atoms with Crippen molar-refractivity contribution in [2.75, 3.05) is 18.0 Å². The molecule has 3 heterocycles. The highest BCUT2D eigenvalue weighted by Gasteiger charge is 2.21. The lowest BCUT2D eigenvalue weighted by atomic mass is 10.1. The maximum Gasteiger partial charge on any atom is 0.252 e. The largest absolute Gasteiger partial charge is 0.340 e. The van der Waals surface area contributed by atoms with Crippen molar-refractivity contribution in [3.8, 4) is 5.95 Å². The topological polar surface area (TPSA) is 85.8 Å². The van der Waals surface area contributed by atoms with Crippen molar-refractivity contribution in [1.82, 2.24) is 24.7 Å². The van der Waals surface area contributed by atoms with E-state index >= 15 is 0 Å². The van der Waals surface area contributed by atoms with Gasteiger partial charge in [0, 0.05) is 25.5 Å². The molecule has 1 aliphatic heterocycles. The summed E-state index contributed by atoms with van der Waals surface area (Å²) < 4.78 is 1.65. The van der Waals surface area contributed by atoms with Gasteiger partial charge in [-0.3, -0.25) is 0 Å². The first-order chi connectivity index (χ1) is 9.75. The van der Waals surface area contributed by atoms with Crippen LogP contribution in [0, 0.1) is 0 Å². The van der Waals surface area contributed by atoms with Crippen LogP contribution in [0.3, 0.4) is 0 Å². The molecule has 2 aromatic rings. The van der Waals surface area contributed by atoms with Crippen molar-refractivity contribution in [3.63, 3.8) is 0 Å². The summed E-state index contributed by atoms with van der Waals surface area (Å²) in [7, 11) is 0. The number of hydrogen-bond donors (Lipinski definition) is 1. The predicted molar refractivity (Wildman–Crippen MR) is 75.6 cm³/mol. The lowest BCUT2D eigenvalue weighted by Gasteiger charge is -2.24. The van der Waals surface area contributed by atoms with Gasteiger partial charge in [0.25, 0.3) is 5.95 Å². The van der Waals surface area contributed by atoms with Crippen molar-refractivity contribution in [3.05, 3.63) is 24.3 Å². The number of nitrogens with two attached hydrogens (primary N) is 1. The van der Waals surface area contributed by atoms with Crippen LogP contribution in [0.5, 0.6) is 0 Å². The molecule has 1 aliphatic rings. The Bertz CT molecular complexity index is 557. The molecule has 1 unspecified atom stereocenters. The molecule has 106 valence electrons. The molecule has 20 heavy (non-hydrogen) atoms. The zero-order valence-electron chi connectivity index (χ0n) is 11.6. The van der Waals surface area contributed by atoms with Gasteiger partial charge in [0.1, 0.15) is 0 Å². The Morgan fingerprint density at radius 1 is 1.10 bits per heavy atom. The molecule has 7 heteroatoms. The molecule has 0 radical (unpaired) electrons. The van der Waals surface area contributed by atoms with E-state index in [4.69, 9.17) is 5.73 Å². The number of anilines is 1. The lowest BCUT2D eigenvalue weighted by molar-refractivity contribution is 0.567. The maximum absolute atomic E-state index is 6.00. The fourth-order valence-electron chi connectivity index (χ4n) is 2.38. The average molecular weight is 273 g/mol. The highest BCUT2D eigenvalue weighted by atomic mass is 15.5. The van der Waals surface area contributed by atoms with Gasteiger partial charge in [0.2, 0.25) is 5.95 Å². The van der Waals surface area contributed by atoms with Gasteiger partial charge in [-0.2, -0.15) is 9.67 Å². The quantitative estimate of drug-likeness (QED) is 0.900. The third kappa shape index (κ3) is 2.49. The summed E-state index contributed by atoms with van der Waals surface area (Å²) in [5, 5.41) is 4.55. The Morgan fingerprint density at radius 3 is 2.45 bits per heavy atom. The summed E-state index contributed by atoms with van der Waals surface area (Å²) in [4.78, 5) is 15.2. The third-order valence-corrected chi connectivity index (χ3v) is 3.41. The van der Waals surface area contributed by atoms with Gasteiger partial charge in [-0.25, -0.2) is 9.97 Å². The van der Waals surface area contributed by atoms with Crippen LogP contribution in [0.2, 0.25) is 0 Å². The summed E-state index contributed by atoms with van der Waals surface area (Å²) >= 11 is 0. The molecular weight excluding hydrogens is 254 g/mol. The molecule has 0 bridgehead atoms. The Morgan fingerprint density at radius 2 is 1.80 bits per heavy atom. The van der Waals surface area contributed by atoms with E-state index in [1.165, 1.54) is 19.3 Å². The van der Waals surface area contributed by atoms with E-state index in [1.807, 2.05) is 6.92 Å². The third-order valence-electron chi connectivity index (χ3n) is 3.41. The van der Waals surface area contributed by atoms with E-state index in [2.05, 4.69) is 25.0 Å². The smallest absolute Gasteiger partial charge is 0.252 e. The van der Waals surface area contributed by atoms with Gasteiger partial charge < -0.3 is 10.6 Å². The normalized spacial score (nSPS) is 17.2. The molecule has 2 N–H and O–H groups in total. The van der Waals surface area contributed by atoms with Gasteiger partial charge in [-0.05, 0) is 32.3 Å². The van der Waals surface area contributed by atoms with E-state index in [-0.39, 0.29) is 6.04 Å². The molecule has 1 atom stereocenters. The van der Waals surface area contributed by atoms with Crippen LogP contribution in [-0.2, 0) is 0 Å². The molecule has 0 aliphatic carbocycles. The second kappa shape index (κ2) is 5.54. The summed E-state index contributed by atoms with van der Waals surface area (Å²) in [6, 6.07) is 1.56. The van der Waals surface area contributed by atoms with Crippen LogP contribution in [-0.4, -0.2) is 37.8 Å². The highest BCUT2D eigenvalue weighted by molar-refractivity contribution is 5.32. The summed E-state index contributed by atoms with van der Waals surface area (Å²) in [6.45, 7) is 3.89. The Balaban J connectivity index is 1.98. The van der Waals surface area contributed by atoms with Gasteiger partial charge >= 0.3 is 0 Å². The molecule has 0 aromatic carbocycles. The zero-order chi connectivity index (χ0) is 13.9. The Labute approximate surface area is 117 Å². The number of nitrogens with zero attached hydrogens (tertiary/aromatic N) is 6. The molecule has 0 saturated carbocycles. The molecule has 1 fully saturated rings. The zero-order valence-corrected chi connectivity index (χ0v) is 11.6. The standard InChI is InChI=1S/C13H19N7/c1-10(14)11-17-13(19-8-3-2-4-9-19)18-20(11)12-15-6-5-7-16-12/h5-7,10H,2-4,8-9,14H2,1H3. The maximum atomic E-state index is 6.00. The Hall–Kier alpha value is -2.02. The molecular formula is C13H19N7. The minimum atomic E-state index is -0.218. The van der Waals surface area contributed by atoms with Crippen molar-refractivity contribution in [2.24, 2.45) is 5.73 Å². The average Bonchev–Trinajstić information content (AvgIpc) is 2.94. The number of aromatic nitrogens is 5. The van der Waals surface area contributed by atoms with Crippen LogP contribution in [0.4, 0.5) is 5.95 Å². The molecule has 0 amide bonds. The monoisotopic (exact) mass is 273 g/mol. The molecule has 1 saturated heterocycles. The van der Waals surface area contributed by atoms with E-state index in [9.17, 15) is 0 Å². The molecule has 0 spiro atoms. The fraction of sp³-hybridized carbons (Fsp3) is 0.538. The van der Waals surface area contributed by atoms with Crippen LogP contribution >= 0.6 is 0 Å². The molecule has 2 aromatic heterocycles. The van der Waals surface area contributed by atoms with Crippen LogP contribution < -0.4 is 10.6 Å². The first-order valence-electron chi connectivity index (χ1n) is 7.00. The SMILES string of the molecule is CC(N)c1nc(N2CCCCC2)nn1-c1ncccn1. The lowest BCUT2D eigenvalue weighted by Crippen LogP contribution is -2.30. The van der Waals surface area contributed by atoms with Gasteiger partial charge in [0.05, 0.1) is 6.04 Å². The highest BCUT2D eigenvalue weighted by Crippen LogP contribution is 2.19. The van der Waals surface area contributed by atoms with Gasteiger partial charge in [0.15, 0.2) is 5.82 Å². The predicted octanol–water partition coefficient (Wildman–Crippen LogP) is 1.07. The fourth-order valence-corrected chi connectivity index (χ4v) is 2.38. The van der Waals surface area contributed by atoms with E-state index in [0.29, 0.717) is 11.8 Å². The summed E-state index contributed by atoms with van der Waals surface area (Å²) in [5.41, 5.74) is 6.00. The number of hydrogen-bond acceptors (Lipinski definition) is 6. The van der Waals surface area contributed by atoms with E-state index in [1.54, 1.807) is 23.1 Å². The first-order valence-corrected chi connectivity index (χ1v) is 7.00. The molecule has 3 rings (SSSR count).